The van der Waals surface area contributed by atoms with Crippen LogP contribution in [0.15, 0.2) is 11.6 Å². The van der Waals surface area contributed by atoms with E-state index in [1.165, 1.54) is 25.7 Å². The molecule has 0 N–H and O–H groups in total. The van der Waals surface area contributed by atoms with Gasteiger partial charge in [0.05, 0.1) is 0 Å². The van der Waals surface area contributed by atoms with Crippen molar-refractivity contribution in [1.29, 1.82) is 0 Å². The number of rotatable bonds is 4. The first kappa shape index (κ1) is 12.9. The summed E-state index contributed by atoms with van der Waals surface area (Å²) in [5, 5.41) is 0. The monoisotopic (exact) mass is 234 g/mol. The van der Waals surface area contributed by atoms with Gasteiger partial charge in [-0.3, -0.25) is 4.79 Å². The maximum absolute atomic E-state index is 11.7. The minimum absolute atomic E-state index is 0.404. The molecule has 0 aromatic rings. The van der Waals surface area contributed by atoms with Gasteiger partial charge in [-0.15, -0.1) is 0 Å². The summed E-state index contributed by atoms with van der Waals surface area (Å²) in [5.41, 5.74) is 1.64. The molecule has 0 heterocycles. The molecule has 1 nitrogen and oxygen atoms in total. The second-order valence-electron chi connectivity index (χ2n) is 6.02. The van der Waals surface area contributed by atoms with Crippen molar-refractivity contribution in [1.82, 2.24) is 0 Å². The first-order valence-electron chi connectivity index (χ1n) is 7.41. The van der Waals surface area contributed by atoms with Crippen LogP contribution in [0.5, 0.6) is 0 Å². The number of carbonyl (C=O) groups is 1. The molecule has 0 saturated heterocycles. The maximum Gasteiger partial charge on any atom is 0.135 e. The molecular formula is C16H26O. The Morgan fingerprint density at radius 1 is 1.35 bits per heavy atom. The predicted molar refractivity (Wildman–Crippen MR) is 71.8 cm³/mol. The van der Waals surface area contributed by atoms with Crippen LogP contribution in [0.4, 0.5) is 0 Å². The molecule has 2 rings (SSSR count). The van der Waals surface area contributed by atoms with Gasteiger partial charge in [0.2, 0.25) is 0 Å². The standard InChI is InChI=1S/C16H26O/c1-3-13-7-9-14(10-8-13)12(2)11-15-5-4-6-16(15)17/h7,12,14-15H,3-6,8-11H2,1-2H3. The van der Waals surface area contributed by atoms with Gasteiger partial charge >= 0.3 is 0 Å². The van der Waals surface area contributed by atoms with Crippen molar-refractivity contribution < 1.29 is 4.79 Å². The van der Waals surface area contributed by atoms with E-state index in [0.29, 0.717) is 11.7 Å². The molecule has 1 saturated carbocycles. The lowest BCUT2D eigenvalue weighted by Crippen LogP contribution is -2.19. The van der Waals surface area contributed by atoms with Crippen molar-refractivity contribution in [3.8, 4) is 0 Å². The topological polar surface area (TPSA) is 17.1 Å². The lowest BCUT2D eigenvalue weighted by molar-refractivity contribution is -0.121. The zero-order valence-corrected chi connectivity index (χ0v) is 11.4. The summed E-state index contributed by atoms with van der Waals surface area (Å²) in [6.45, 7) is 4.62. The number of ketones is 1. The zero-order valence-electron chi connectivity index (χ0n) is 11.4. The maximum atomic E-state index is 11.7. The van der Waals surface area contributed by atoms with Gasteiger partial charge in [-0.2, -0.15) is 0 Å². The first-order chi connectivity index (χ1) is 8.20. The van der Waals surface area contributed by atoms with E-state index in [4.69, 9.17) is 0 Å². The fourth-order valence-electron chi connectivity index (χ4n) is 3.53. The molecule has 0 radical (unpaired) electrons. The van der Waals surface area contributed by atoms with Gasteiger partial charge in [0.1, 0.15) is 5.78 Å². The van der Waals surface area contributed by atoms with Crippen LogP contribution in [0, 0.1) is 17.8 Å². The summed E-state index contributed by atoms with van der Waals surface area (Å²) in [4.78, 5) is 11.7. The highest BCUT2D eigenvalue weighted by Gasteiger charge is 2.29. The van der Waals surface area contributed by atoms with Gasteiger partial charge in [0, 0.05) is 12.3 Å². The van der Waals surface area contributed by atoms with Gasteiger partial charge in [0.25, 0.3) is 0 Å². The molecule has 0 aromatic heterocycles. The van der Waals surface area contributed by atoms with E-state index in [9.17, 15) is 4.79 Å². The summed E-state index contributed by atoms with van der Waals surface area (Å²) >= 11 is 0. The SMILES string of the molecule is CCC1=CCC(C(C)CC2CCCC2=O)CC1. The van der Waals surface area contributed by atoms with E-state index in [2.05, 4.69) is 19.9 Å². The number of hydrogen-bond acceptors (Lipinski definition) is 1. The van der Waals surface area contributed by atoms with Crippen LogP contribution in [0.1, 0.15) is 65.2 Å². The highest BCUT2D eigenvalue weighted by atomic mass is 16.1. The Morgan fingerprint density at radius 3 is 2.71 bits per heavy atom. The average molecular weight is 234 g/mol. The fourth-order valence-corrected chi connectivity index (χ4v) is 3.53. The fraction of sp³-hybridized carbons (Fsp3) is 0.812. The normalized spacial score (nSPS) is 31.4. The Morgan fingerprint density at radius 2 is 2.18 bits per heavy atom. The summed E-state index contributed by atoms with van der Waals surface area (Å²) in [5.74, 6) is 2.51. The number of allylic oxidation sites excluding steroid dienone is 2. The van der Waals surface area contributed by atoms with E-state index in [1.54, 1.807) is 5.57 Å². The van der Waals surface area contributed by atoms with Crippen LogP contribution in [0.2, 0.25) is 0 Å². The Balaban J connectivity index is 1.82. The van der Waals surface area contributed by atoms with Crippen LogP contribution in [0.25, 0.3) is 0 Å². The Labute approximate surface area is 106 Å². The van der Waals surface area contributed by atoms with Crippen LogP contribution in [-0.4, -0.2) is 5.78 Å². The third-order valence-electron chi connectivity index (χ3n) is 4.89. The molecule has 2 aliphatic rings. The molecule has 0 amide bonds. The van der Waals surface area contributed by atoms with Gasteiger partial charge < -0.3 is 0 Å². The quantitative estimate of drug-likeness (QED) is 0.654. The largest absolute Gasteiger partial charge is 0.299 e. The summed E-state index contributed by atoms with van der Waals surface area (Å²) in [6, 6.07) is 0. The van der Waals surface area contributed by atoms with Gasteiger partial charge in [0.15, 0.2) is 0 Å². The lowest BCUT2D eigenvalue weighted by Gasteiger charge is -2.28. The van der Waals surface area contributed by atoms with Crippen LogP contribution >= 0.6 is 0 Å². The molecule has 0 bridgehead atoms. The molecule has 2 aliphatic carbocycles. The summed E-state index contributed by atoms with van der Waals surface area (Å²) in [7, 11) is 0. The molecule has 17 heavy (non-hydrogen) atoms. The van der Waals surface area contributed by atoms with Crippen molar-refractivity contribution in [3.63, 3.8) is 0 Å². The molecule has 3 unspecified atom stereocenters. The molecule has 0 aromatic carbocycles. The van der Waals surface area contributed by atoms with Gasteiger partial charge in [-0.25, -0.2) is 0 Å². The molecule has 96 valence electrons. The number of Topliss-reactive ketones (excluding diaryl/α,β-unsaturated/α-hetero) is 1. The highest BCUT2D eigenvalue weighted by molar-refractivity contribution is 5.82. The van der Waals surface area contributed by atoms with Crippen molar-refractivity contribution in [3.05, 3.63) is 11.6 Å². The molecular weight excluding hydrogens is 208 g/mol. The Kier molecular flexibility index (Phi) is 4.42. The van der Waals surface area contributed by atoms with Gasteiger partial charge in [-0.1, -0.05) is 25.5 Å². The minimum Gasteiger partial charge on any atom is -0.299 e. The smallest absolute Gasteiger partial charge is 0.135 e. The third kappa shape index (κ3) is 3.20. The summed E-state index contributed by atoms with van der Waals surface area (Å²) in [6.07, 6.45) is 11.9. The minimum atomic E-state index is 0.404. The Bertz CT molecular complexity index is 303. The second kappa shape index (κ2) is 5.84. The van der Waals surface area contributed by atoms with Crippen molar-refractivity contribution in [2.75, 3.05) is 0 Å². The van der Waals surface area contributed by atoms with E-state index < -0.39 is 0 Å². The van der Waals surface area contributed by atoms with Crippen LogP contribution in [0.3, 0.4) is 0 Å². The number of hydrogen-bond donors (Lipinski definition) is 0. The molecule has 1 fully saturated rings. The number of carbonyl (C=O) groups excluding carboxylic acids is 1. The second-order valence-corrected chi connectivity index (χ2v) is 6.02. The lowest BCUT2D eigenvalue weighted by atomic mass is 9.77. The van der Waals surface area contributed by atoms with E-state index in [1.807, 2.05) is 0 Å². The predicted octanol–water partition coefficient (Wildman–Crippen LogP) is 4.52. The first-order valence-corrected chi connectivity index (χ1v) is 7.41. The summed E-state index contributed by atoms with van der Waals surface area (Å²) < 4.78 is 0. The average Bonchev–Trinajstić information content (AvgIpc) is 2.75. The van der Waals surface area contributed by atoms with Crippen LogP contribution in [-0.2, 0) is 4.79 Å². The van der Waals surface area contributed by atoms with Crippen molar-refractivity contribution >= 4 is 5.78 Å². The zero-order chi connectivity index (χ0) is 12.3. The van der Waals surface area contributed by atoms with E-state index in [-0.39, 0.29) is 0 Å². The van der Waals surface area contributed by atoms with Gasteiger partial charge in [-0.05, 0) is 56.8 Å². The molecule has 0 spiro atoms. The molecule has 3 atom stereocenters. The highest BCUT2D eigenvalue weighted by Crippen LogP contribution is 2.36. The van der Waals surface area contributed by atoms with Crippen LogP contribution < -0.4 is 0 Å². The molecule has 1 heteroatoms. The van der Waals surface area contributed by atoms with Crippen molar-refractivity contribution in [2.45, 2.75) is 65.2 Å². The van der Waals surface area contributed by atoms with E-state index in [0.717, 1.165) is 37.5 Å². The third-order valence-corrected chi connectivity index (χ3v) is 4.89. The van der Waals surface area contributed by atoms with E-state index >= 15 is 0 Å². The van der Waals surface area contributed by atoms with Crippen molar-refractivity contribution in [2.24, 2.45) is 17.8 Å². The molecule has 0 aliphatic heterocycles. The Hall–Kier alpha value is -0.590.